The molecule has 3 nitrogen and oxygen atoms in total. The van der Waals surface area contributed by atoms with Crippen molar-refractivity contribution in [3.63, 3.8) is 0 Å². The molecule has 5 aliphatic carbocycles. The van der Waals surface area contributed by atoms with Crippen LogP contribution in [0.3, 0.4) is 0 Å². The summed E-state index contributed by atoms with van der Waals surface area (Å²) in [4.78, 5) is 0. The number of oxime groups is 1. The zero-order chi connectivity index (χ0) is 17.7. The number of fused-ring (bicyclic) bond motifs is 6. The number of aliphatic hydroxyl groups is 1. The van der Waals surface area contributed by atoms with Gasteiger partial charge in [0.1, 0.15) is 0 Å². The monoisotopic (exact) mass is 343 g/mol. The van der Waals surface area contributed by atoms with Gasteiger partial charge in [-0.3, -0.25) is 0 Å². The summed E-state index contributed by atoms with van der Waals surface area (Å²) in [5.74, 6) is 2.08. The van der Waals surface area contributed by atoms with Crippen LogP contribution >= 0.6 is 0 Å². The van der Waals surface area contributed by atoms with Crippen molar-refractivity contribution in [2.45, 2.75) is 84.2 Å². The lowest BCUT2D eigenvalue weighted by atomic mass is 9.44. The second kappa shape index (κ2) is 4.71. The van der Waals surface area contributed by atoms with Gasteiger partial charge in [-0.05, 0) is 92.3 Å². The molecule has 0 aromatic carbocycles. The van der Waals surface area contributed by atoms with Crippen molar-refractivity contribution in [2.75, 3.05) is 0 Å². The highest BCUT2D eigenvalue weighted by Crippen LogP contribution is 2.75. The normalized spacial score (nSPS) is 54.6. The van der Waals surface area contributed by atoms with Crippen molar-refractivity contribution in [3.05, 3.63) is 11.6 Å². The highest BCUT2D eigenvalue weighted by atomic mass is 16.4. The quantitative estimate of drug-likeness (QED) is 0.372. The van der Waals surface area contributed by atoms with E-state index in [9.17, 15) is 10.3 Å². The van der Waals surface area contributed by atoms with Crippen LogP contribution in [-0.4, -0.2) is 21.6 Å². The Morgan fingerprint density at radius 1 is 1.04 bits per heavy atom. The molecule has 0 saturated heterocycles. The standard InChI is InChI=1S/C22H33NO2/c1-19-12-14(23-25)4-5-18(19)22(10-11-22)13-15-16(19)6-8-20(2)17(15)7-9-21(20,3)24/h5,15-17,24-25H,4,6-13H2,1-3H3/t15-,16+,17+,19-,20+,21+/m1/s1. The molecule has 2 N–H and O–H groups in total. The van der Waals surface area contributed by atoms with Gasteiger partial charge in [-0.15, -0.1) is 0 Å². The molecule has 4 saturated carbocycles. The van der Waals surface area contributed by atoms with E-state index in [-0.39, 0.29) is 10.8 Å². The van der Waals surface area contributed by atoms with E-state index < -0.39 is 5.60 Å². The van der Waals surface area contributed by atoms with E-state index in [0.717, 1.165) is 37.3 Å². The van der Waals surface area contributed by atoms with Crippen LogP contribution in [0.1, 0.15) is 78.6 Å². The zero-order valence-corrected chi connectivity index (χ0v) is 16.0. The molecule has 6 atom stereocenters. The minimum atomic E-state index is -0.499. The van der Waals surface area contributed by atoms with Gasteiger partial charge in [-0.25, -0.2) is 0 Å². The van der Waals surface area contributed by atoms with Crippen molar-refractivity contribution >= 4 is 5.71 Å². The van der Waals surface area contributed by atoms with Gasteiger partial charge in [-0.2, -0.15) is 0 Å². The van der Waals surface area contributed by atoms with E-state index in [2.05, 4.69) is 32.0 Å². The largest absolute Gasteiger partial charge is 0.411 e. The molecule has 0 bridgehead atoms. The molecule has 5 rings (SSSR count). The van der Waals surface area contributed by atoms with Gasteiger partial charge in [-0.1, -0.05) is 30.7 Å². The molecule has 5 aliphatic rings. The summed E-state index contributed by atoms with van der Waals surface area (Å²) in [6.45, 7) is 6.93. The van der Waals surface area contributed by atoms with E-state index in [1.807, 2.05) is 0 Å². The minimum absolute atomic E-state index is 0.0877. The summed E-state index contributed by atoms with van der Waals surface area (Å²) in [6.07, 6.45) is 12.8. The molecule has 4 fully saturated rings. The highest BCUT2D eigenvalue weighted by Gasteiger charge is 2.67. The lowest BCUT2D eigenvalue weighted by Gasteiger charge is -2.61. The van der Waals surface area contributed by atoms with Crippen LogP contribution in [0.5, 0.6) is 0 Å². The Labute approximate surface area is 151 Å². The lowest BCUT2D eigenvalue weighted by molar-refractivity contribution is -0.122. The van der Waals surface area contributed by atoms with E-state index in [1.165, 1.54) is 32.1 Å². The second-order valence-electron chi connectivity index (χ2n) is 10.7. The first kappa shape index (κ1) is 16.4. The Morgan fingerprint density at radius 2 is 1.76 bits per heavy atom. The number of hydrogen-bond donors (Lipinski definition) is 2. The summed E-state index contributed by atoms with van der Waals surface area (Å²) >= 11 is 0. The minimum Gasteiger partial charge on any atom is -0.411 e. The van der Waals surface area contributed by atoms with Crippen molar-refractivity contribution < 1.29 is 10.3 Å². The summed E-state index contributed by atoms with van der Waals surface area (Å²) in [7, 11) is 0. The van der Waals surface area contributed by atoms with Gasteiger partial charge in [0.15, 0.2) is 0 Å². The molecule has 0 amide bonds. The van der Waals surface area contributed by atoms with E-state index >= 15 is 0 Å². The molecule has 0 aromatic rings. The average Bonchev–Trinajstić information content (AvgIpc) is 3.27. The maximum Gasteiger partial charge on any atom is 0.0675 e. The van der Waals surface area contributed by atoms with E-state index in [4.69, 9.17) is 0 Å². The first-order valence-electron chi connectivity index (χ1n) is 10.4. The Morgan fingerprint density at radius 3 is 2.44 bits per heavy atom. The van der Waals surface area contributed by atoms with Gasteiger partial charge >= 0.3 is 0 Å². The summed E-state index contributed by atoms with van der Waals surface area (Å²) in [5.41, 5.74) is 2.89. The molecule has 0 aromatic heterocycles. The summed E-state index contributed by atoms with van der Waals surface area (Å²) in [6, 6.07) is 0. The fraction of sp³-hybridized carbons (Fsp3) is 0.864. The van der Waals surface area contributed by atoms with Crippen molar-refractivity contribution in [2.24, 2.45) is 39.2 Å². The first-order chi connectivity index (χ1) is 11.8. The predicted molar refractivity (Wildman–Crippen MR) is 98.6 cm³/mol. The molecule has 1 spiro atoms. The third-order valence-corrected chi connectivity index (χ3v) is 9.74. The molecular formula is C22H33NO2. The smallest absolute Gasteiger partial charge is 0.0675 e. The molecule has 0 radical (unpaired) electrons. The maximum atomic E-state index is 11.1. The van der Waals surface area contributed by atoms with Crippen LogP contribution in [0.15, 0.2) is 16.8 Å². The van der Waals surface area contributed by atoms with Gasteiger partial charge in [0.25, 0.3) is 0 Å². The van der Waals surface area contributed by atoms with Gasteiger partial charge in [0.2, 0.25) is 0 Å². The third kappa shape index (κ3) is 1.89. The Kier molecular flexibility index (Phi) is 3.08. The summed E-state index contributed by atoms with van der Waals surface area (Å²) in [5, 5.41) is 24.1. The predicted octanol–water partition coefficient (Wildman–Crippen LogP) is 4.92. The van der Waals surface area contributed by atoms with Crippen molar-refractivity contribution in [1.29, 1.82) is 0 Å². The van der Waals surface area contributed by atoms with Crippen LogP contribution in [0.25, 0.3) is 0 Å². The van der Waals surface area contributed by atoms with Crippen LogP contribution in [0, 0.1) is 34.0 Å². The fourth-order valence-electron chi connectivity index (χ4n) is 8.07. The van der Waals surface area contributed by atoms with Gasteiger partial charge < -0.3 is 10.3 Å². The number of rotatable bonds is 0. The van der Waals surface area contributed by atoms with E-state index in [1.54, 1.807) is 5.57 Å². The molecule has 0 heterocycles. The Bertz CT molecular complexity index is 674. The maximum absolute atomic E-state index is 11.1. The van der Waals surface area contributed by atoms with Crippen molar-refractivity contribution in [3.8, 4) is 0 Å². The third-order valence-electron chi connectivity index (χ3n) is 9.74. The van der Waals surface area contributed by atoms with Gasteiger partial charge in [0, 0.05) is 6.42 Å². The molecule has 25 heavy (non-hydrogen) atoms. The number of hydrogen-bond acceptors (Lipinski definition) is 3. The Hall–Kier alpha value is -0.830. The molecular weight excluding hydrogens is 310 g/mol. The molecule has 3 heteroatoms. The number of allylic oxidation sites excluding steroid dienone is 2. The van der Waals surface area contributed by atoms with Crippen LogP contribution in [0.2, 0.25) is 0 Å². The summed E-state index contributed by atoms with van der Waals surface area (Å²) < 4.78 is 0. The molecule has 0 unspecified atom stereocenters. The van der Waals surface area contributed by atoms with Gasteiger partial charge in [0.05, 0.1) is 11.3 Å². The zero-order valence-electron chi connectivity index (χ0n) is 16.0. The van der Waals surface area contributed by atoms with Crippen LogP contribution in [-0.2, 0) is 0 Å². The fourth-order valence-corrected chi connectivity index (χ4v) is 8.07. The molecule has 138 valence electrons. The highest BCUT2D eigenvalue weighted by molar-refractivity contribution is 5.88. The lowest BCUT2D eigenvalue weighted by Crippen LogP contribution is -2.56. The van der Waals surface area contributed by atoms with Crippen LogP contribution in [0.4, 0.5) is 0 Å². The molecule has 0 aliphatic heterocycles. The topological polar surface area (TPSA) is 52.8 Å². The van der Waals surface area contributed by atoms with E-state index in [0.29, 0.717) is 17.3 Å². The van der Waals surface area contributed by atoms with Crippen LogP contribution < -0.4 is 0 Å². The first-order valence-corrected chi connectivity index (χ1v) is 10.4. The average molecular weight is 344 g/mol. The van der Waals surface area contributed by atoms with Crippen molar-refractivity contribution in [1.82, 2.24) is 0 Å². The number of nitrogens with zero attached hydrogens (tertiary/aromatic N) is 1. The Balaban J connectivity index is 1.58. The second-order valence-corrected chi connectivity index (χ2v) is 10.7. The SMILES string of the molecule is C[C@]12CC(=NO)CC=C1C1(CC1)C[C@@H]1[C@@H]2CC[C@@]2(C)[C@H]1CC[C@]2(C)O.